The number of rotatable bonds is 4. The van der Waals surface area contributed by atoms with Gasteiger partial charge in [0, 0.05) is 40.2 Å². The Morgan fingerprint density at radius 1 is 0.590 bits per heavy atom. The van der Waals surface area contributed by atoms with Crippen LogP contribution >= 0.6 is 0 Å². The number of carbonyl (C=O) groups is 1. The first kappa shape index (κ1) is 23.0. The van der Waals surface area contributed by atoms with Gasteiger partial charge in [0.15, 0.2) is 5.60 Å². The van der Waals surface area contributed by atoms with E-state index in [0.29, 0.717) is 56.5 Å². The number of para-hydroxylation sites is 2. The predicted molar refractivity (Wildman–Crippen MR) is 144 cm³/mol. The summed E-state index contributed by atoms with van der Waals surface area (Å²) in [6.07, 6.45) is 0. The molecule has 2 N–H and O–H groups in total. The number of esters is 1. The van der Waals surface area contributed by atoms with E-state index in [1.54, 1.807) is 72.8 Å². The van der Waals surface area contributed by atoms with Crippen LogP contribution in [0.2, 0.25) is 0 Å². The van der Waals surface area contributed by atoms with Gasteiger partial charge in [-0.25, -0.2) is 13.6 Å². The molecule has 0 fully saturated rings. The second kappa shape index (κ2) is 8.70. The Bertz CT molecular complexity index is 1690. The van der Waals surface area contributed by atoms with Gasteiger partial charge in [-0.05, 0) is 54.6 Å². The highest BCUT2D eigenvalue weighted by Crippen LogP contribution is 2.57. The zero-order valence-electron chi connectivity index (χ0n) is 20.4. The van der Waals surface area contributed by atoms with Crippen LogP contribution in [0.4, 0.5) is 31.5 Å². The Morgan fingerprint density at radius 3 is 1.67 bits per heavy atom. The molecule has 5 aromatic carbocycles. The number of halogens is 2. The first-order valence-corrected chi connectivity index (χ1v) is 12.4. The lowest BCUT2D eigenvalue weighted by molar-refractivity contribution is 0.0224. The number of benzene rings is 5. The standard InChI is InChI=1S/C32H20F2N2O3/c33-25-9-3-5-11-27(25)35-19-13-15-23-29(17-19)38-30-18-20(36-28-12-6-4-10-26(28)34)14-16-24(30)32(23)22-8-2-1-7-21(22)31(37)39-32/h1-18,35-36H. The van der Waals surface area contributed by atoms with Crippen LogP contribution in [0.5, 0.6) is 11.5 Å². The van der Waals surface area contributed by atoms with E-state index < -0.39 is 11.6 Å². The summed E-state index contributed by atoms with van der Waals surface area (Å²) in [4.78, 5) is 13.1. The molecule has 0 atom stereocenters. The molecular weight excluding hydrogens is 498 g/mol. The van der Waals surface area contributed by atoms with Crippen molar-refractivity contribution in [2.75, 3.05) is 10.6 Å². The lowest BCUT2D eigenvalue weighted by Crippen LogP contribution is -2.33. The molecule has 0 unspecified atom stereocenters. The van der Waals surface area contributed by atoms with Crippen molar-refractivity contribution in [3.63, 3.8) is 0 Å². The number of ether oxygens (including phenoxy) is 2. The van der Waals surface area contributed by atoms with Crippen LogP contribution in [0.15, 0.2) is 109 Å². The van der Waals surface area contributed by atoms with Crippen molar-refractivity contribution in [2.24, 2.45) is 0 Å². The van der Waals surface area contributed by atoms with Crippen molar-refractivity contribution in [3.8, 4) is 11.5 Å². The molecule has 0 aromatic heterocycles. The van der Waals surface area contributed by atoms with E-state index >= 15 is 0 Å². The van der Waals surface area contributed by atoms with Crippen molar-refractivity contribution in [1.82, 2.24) is 0 Å². The summed E-state index contributed by atoms with van der Waals surface area (Å²) in [7, 11) is 0. The first-order valence-electron chi connectivity index (χ1n) is 12.4. The molecule has 5 aromatic rings. The lowest BCUT2D eigenvalue weighted by atomic mass is 9.77. The number of hydrogen-bond donors (Lipinski definition) is 2. The Morgan fingerprint density at radius 2 is 1.10 bits per heavy atom. The minimum absolute atomic E-state index is 0.317. The number of nitrogens with one attached hydrogen (secondary N) is 2. The molecule has 1 spiro atoms. The zero-order chi connectivity index (χ0) is 26.6. The van der Waals surface area contributed by atoms with Gasteiger partial charge in [0.1, 0.15) is 23.1 Å². The molecule has 5 nitrogen and oxygen atoms in total. The summed E-state index contributed by atoms with van der Waals surface area (Å²) in [6, 6.07) is 30.8. The predicted octanol–water partition coefficient (Wildman–Crippen LogP) is 8.02. The van der Waals surface area contributed by atoms with Crippen molar-refractivity contribution in [2.45, 2.75) is 5.60 Å². The maximum Gasteiger partial charge on any atom is 0.340 e. The maximum absolute atomic E-state index is 14.3. The Hall–Kier alpha value is -5.17. The SMILES string of the molecule is O=C1OC2(c3ccc(Nc4ccccc4F)cc3Oc3cc(Nc4ccccc4F)ccc32)c2ccccc21. The zero-order valence-corrected chi connectivity index (χ0v) is 20.4. The van der Waals surface area contributed by atoms with Crippen LogP contribution in [0.3, 0.4) is 0 Å². The third-order valence-electron chi connectivity index (χ3n) is 7.02. The van der Waals surface area contributed by atoms with Crippen LogP contribution in [-0.2, 0) is 10.3 Å². The average Bonchev–Trinajstić information content (AvgIpc) is 3.24. The van der Waals surface area contributed by atoms with Gasteiger partial charge in [-0.2, -0.15) is 0 Å². The topological polar surface area (TPSA) is 59.6 Å². The molecule has 7 heteroatoms. The van der Waals surface area contributed by atoms with Crippen LogP contribution in [0.1, 0.15) is 27.0 Å². The minimum atomic E-state index is -1.25. The fraction of sp³-hybridized carbons (Fsp3) is 0.0312. The third kappa shape index (κ3) is 3.62. The number of hydrogen-bond acceptors (Lipinski definition) is 5. The van der Waals surface area contributed by atoms with Gasteiger partial charge in [0.2, 0.25) is 0 Å². The van der Waals surface area contributed by atoms with Crippen LogP contribution in [-0.4, -0.2) is 5.97 Å². The molecule has 0 amide bonds. The summed E-state index contributed by atoms with van der Waals surface area (Å²) < 4.78 is 41.2. The van der Waals surface area contributed by atoms with Gasteiger partial charge in [0.05, 0.1) is 16.9 Å². The van der Waals surface area contributed by atoms with Crippen molar-refractivity contribution in [3.05, 3.63) is 143 Å². The molecule has 190 valence electrons. The number of fused-ring (bicyclic) bond motifs is 6. The monoisotopic (exact) mass is 518 g/mol. The van der Waals surface area contributed by atoms with Crippen molar-refractivity contribution >= 4 is 28.7 Å². The summed E-state index contributed by atoms with van der Waals surface area (Å²) in [5.74, 6) is -0.333. The summed E-state index contributed by atoms with van der Waals surface area (Å²) in [5, 5.41) is 6.17. The number of anilines is 4. The smallest absolute Gasteiger partial charge is 0.340 e. The van der Waals surface area contributed by atoms with E-state index in [4.69, 9.17) is 9.47 Å². The summed E-state index contributed by atoms with van der Waals surface area (Å²) in [5.41, 5.74) is 3.03. The van der Waals surface area contributed by atoms with E-state index in [2.05, 4.69) is 10.6 Å². The number of carbonyl (C=O) groups excluding carboxylic acids is 1. The van der Waals surface area contributed by atoms with E-state index in [9.17, 15) is 13.6 Å². The minimum Gasteiger partial charge on any atom is -0.456 e. The van der Waals surface area contributed by atoms with Gasteiger partial charge < -0.3 is 20.1 Å². The van der Waals surface area contributed by atoms with Gasteiger partial charge in [0.25, 0.3) is 0 Å². The second-order valence-corrected chi connectivity index (χ2v) is 9.35. The average molecular weight is 519 g/mol. The molecule has 39 heavy (non-hydrogen) atoms. The normalized spacial score (nSPS) is 14.1. The molecule has 0 bridgehead atoms. The first-order chi connectivity index (χ1) is 19.0. The van der Waals surface area contributed by atoms with Gasteiger partial charge in [-0.1, -0.05) is 42.5 Å². The molecule has 0 saturated carbocycles. The fourth-order valence-corrected chi connectivity index (χ4v) is 5.27. The maximum atomic E-state index is 14.3. The van der Waals surface area contributed by atoms with Gasteiger partial charge in [-0.3, -0.25) is 0 Å². The second-order valence-electron chi connectivity index (χ2n) is 9.35. The summed E-state index contributed by atoms with van der Waals surface area (Å²) >= 11 is 0. The van der Waals surface area contributed by atoms with E-state index in [-0.39, 0.29) is 11.6 Å². The molecule has 0 radical (unpaired) electrons. The fourth-order valence-electron chi connectivity index (χ4n) is 5.27. The van der Waals surface area contributed by atoms with Crippen molar-refractivity contribution in [1.29, 1.82) is 0 Å². The quantitative estimate of drug-likeness (QED) is 0.236. The Balaban J connectivity index is 1.37. The highest BCUT2D eigenvalue weighted by molar-refractivity contribution is 5.97. The highest BCUT2D eigenvalue weighted by atomic mass is 19.1. The lowest BCUT2D eigenvalue weighted by Gasteiger charge is -2.37. The van der Waals surface area contributed by atoms with E-state index in [0.717, 1.165) is 0 Å². The Labute approximate surface area is 222 Å². The summed E-state index contributed by atoms with van der Waals surface area (Å²) in [6.45, 7) is 0. The van der Waals surface area contributed by atoms with E-state index in [1.165, 1.54) is 12.1 Å². The Kier molecular flexibility index (Phi) is 5.13. The largest absolute Gasteiger partial charge is 0.456 e. The molecular formula is C32H20F2N2O3. The highest BCUT2D eigenvalue weighted by Gasteiger charge is 2.53. The third-order valence-corrected chi connectivity index (χ3v) is 7.02. The molecule has 2 aliphatic heterocycles. The molecule has 2 aliphatic rings. The van der Waals surface area contributed by atoms with Crippen LogP contribution in [0.25, 0.3) is 0 Å². The van der Waals surface area contributed by atoms with E-state index in [1.807, 2.05) is 24.3 Å². The van der Waals surface area contributed by atoms with Gasteiger partial charge in [-0.15, -0.1) is 0 Å². The van der Waals surface area contributed by atoms with Gasteiger partial charge >= 0.3 is 5.97 Å². The molecule has 0 aliphatic carbocycles. The molecule has 0 saturated heterocycles. The molecule has 7 rings (SSSR count). The van der Waals surface area contributed by atoms with Crippen LogP contribution in [0, 0.1) is 11.6 Å². The molecule has 2 heterocycles. The van der Waals surface area contributed by atoms with Crippen LogP contribution < -0.4 is 15.4 Å². The van der Waals surface area contributed by atoms with Crippen molar-refractivity contribution < 1.29 is 23.0 Å².